The molecule has 5 heteroatoms. The van der Waals surface area contributed by atoms with Crippen LogP contribution in [0.3, 0.4) is 0 Å². The first-order valence-electron chi connectivity index (χ1n) is 10.1. The van der Waals surface area contributed by atoms with Gasteiger partial charge in [-0.25, -0.2) is 0 Å². The average Bonchev–Trinajstić information content (AvgIpc) is 2.66. The molecule has 5 nitrogen and oxygen atoms in total. The van der Waals surface area contributed by atoms with Crippen molar-refractivity contribution in [1.29, 1.82) is 0 Å². The number of esters is 2. The smallest absolute Gasteiger partial charge is 0.305 e. The quantitative estimate of drug-likeness (QED) is 0.328. The van der Waals surface area contributed by atoms with Crippen molar-refractivity contribution in [3.63, 3.8) is 0 Å². The van der Waals surface area contributed by atoms with Gasteiger partial charge in [0.2, 0.25) is 0 Å². The van der Waals surface area contributed by atoms with Crippen LogP contribution >= 0.6 is 0 Å². The Labute approximate surface area is 163 Å². The average molecular weight is 379 g/mol. The van der Waals surface area contributed by atoms with Gasteiger partial charge in [0.25, 0.3) is 0 Å². The molecule has 1 aromatic carbocycles. The van der Waals surface area contributed by atoms with E-state index in [1.807, 2.05) is 32.0 Å². The van der Waals surface area contributed by atoms with Crippen LogP contribution in [0.25, 0.3) is 0 Å². The highest BCUT2D eigenvalue weighted by molar-refractivity contribution is 5.69. The molecule has 0 aliphatic carbocycles. The van der Waals surface area contributed by atoms with E-state index in [1.54, 1.807) is 0 Å². The lowest BCUT2D eigenvalue weighted by Crippen LogP contribution is -2.10. The van der Waals surface area contributed by atoms with E-state index in [4.69, 9.17) is 14.2 Å². The highest BCUT2D eigenvalue weighted by atomic mass is 16.5. The lowest BCUT2D eigenvalue weighted by molar-refractivity contribution is -0.144. The van der Waals surface area contributed by atoms with E-state index < -0.39 is 0 Å². The third kappa shape index (κ3) is 12.2. The summed E-state index contributed by atoms with van der Waals surface area (Å²) in [7, 11) is 0. The molecule has 1 aromatic rings. The van der Waals surface area contributed by atoms with Gasteiger partial charge in [0.05, 0.1) is 19.8 Å². The zero-order chi connectivity index (χ0) is 19.7. The summed E-state index contributed by atoms with van der Waals surface area (Å²) in [5.41, 5.74) is 1.17. The normalized spacial score (nSPS) is 10.8. The van der Waals surface area contributed by atoms with E-state index >= 15 is 0 Å². The monoisotopic (exact) mass is 378 g/mol. The molecule has 27 heavy (non-hydrogen) atoms. The third-order valence-electron chi connectivity index (χ3n) is 4.38. The zero-order valence-corrected chi connectivity index (χ0v) is 16.8. The molecule has 0 heterocycles. The van der Waals surface area contributed by atoms with Gasteiger partial charge in [-0.2, -0.15) is 0 Å². The number of hydrogen-bond donors (Lipinski definition) is 0. The minimum absolute atomic E-state index is 0.136. The molecule has 0 fully saturated rings. The molecular weight excluding hydrogens is 344 g/mol. The summed E-state index contributed by atoms with van der Waals surface area (Å²) < 4.78 is 15.8. The van der Waals surface area contributed by atoms with Crippen molar-refractivity contribution in [2.75, 3.05) is 19.8 Å². The van der Waals surface area contributed by atoms with Gasteiger partial charge in [-0.15, -0.1) is 0 Å². The van der Waals surface area contributed by atoms with Crippen LogP contribution in [0.4, 0.5) is 0 Å². The van der Waals surface area contributed by atoms with Crippen LogP contribution in [0.15, 0.2) is 30.3 Å². The fourth-order valence-electron chi connectivity index (χ4n) is 2.98. The lowest BCUT2D eigenvalue weighted by Gasteiger charge is -2.17. The minimum Gasteiger partial charge on any atom is -0.466 e. The molecule has 0 bridgehead atoms. The van der Waals surface area contributed by atoms with Crippen molar-refractivity contribution in [2.24, 2.45) is 5.92 Å². The van der Waals surface area contributed by atoms with Crippen LogP contribution in [-0.4, -0.2) is 31.8 Å². The van der Waals surface area contributed by atoms with Gasteiger partial charge in [-0.05, 0) is 57.4 Å². The molecule has 0 radical (unpaired) electrons. The van der Waals surface area contributed by atoms with Crippen LogP contribution in [0.2, 0.25) is 0 Å². The predicted molar refractivity (Wildman–Crippen MR) is 105 cm³/mol. The Kier molecular flexibility index (Phi) is 13.0. The maximum absolute atomic E-state index is 11.5. The van der Waals surface area contributed by atoms with Gasteiger partial charge < -0.3 is 14.2 Å². The molecule has 0 atom stereocenters. The molecule has 0 spiro atoms. The Morgan fingerprint density at radius 1 is 0.852 bits per heavy atom. The first kappa shape index (κ1) is 23.2. The van der Waals surface area contributed by atoms with E-state index in [0.29, 0.717) is 45.2 Å². The van der Waals surface area contributed by atoms with Crippen LogP contribution < -0.4 is 0 Å². The minimum atomic E-state index is -0.136. The van der Waals surface area contributed by atoms with Crippen molar-refractivity contribution in [3.05, 3.63) is 35.9 Å². The van der Waals surface area contributed by atoms with Crippen molar-refractivity contribution < 1.29 is 23.8 Å². The molecule has 0 saturated carbocycles. The lowest BCUT2D eigenvalue weighted by atomic mass is 9.93. The second kappa shape index (κ2) is 15.2. The molecule has 0 amide bonds. The maximum Gasteiger partial charge on any atom is 0.305 e. The molecule has 0 N–H and O–H groups in total. The molecule has 0 unspecified atom stereocenters. The van der Waals surface area contributed by atoms with E-state index in [-0.39, 0.29) is 11.9 Å². The highest BCUT2D eigenvalue weighted by Crippen LogP contribution is 2.21. The maximum atomic E-state index is 11.5. The Bertz CT molecular complexity index is 491. The Morgan fingerprint density at radius 3 is 1.93 bits per heavy atom. The van der Waals surface area contributed by atoms with Crippen molar-refractivity contribution in [3.8, 4) is 0 Å². The zero-order valence-electron chi connectivity index (χ0n) is 16.8. The van der Waals surface area contributed by atoms with Crippen molar-refractivity contribution in [1.82, 2.24) is 0 Å². The van der Waals surface area contributed by atoms with Crippen LogP contribution in [0.1, 0.15) is 64.4 Å². The Balaban J connectivity index is 2.31. The van der Waals surface area contributed by atoms with E-state index in [2.05, 4.69) is 12.1 Å². The molecule has 0 saturated heterocycles. The van der Waals surface area contributed by atoms with Crippen LogP contribution in [-0.2, 0) is 30.4 Å². The van der Waals surface area contributed by atoms with Gasteiger partial charge in [0.1, 0.15) is 0 Å². The summed E-state index contributed by atoms with van der Waals surface area (Å²) in [5, 5.41) is 0. The number of rotatable bonds is 15. The molecule has 0 aliphatic heterocycles. The molecule has 152 valence electrons. The number of carbonyl (C=O) groups is 2. The first-order chi connectivity index (χ1) is 13.2. The molecular formula is C22H34O5. The largest absolute Gasteiger partial charge is 0.466 e. The standard InChI is InChI=1S/C22H34O5/c1-3-26-21(23)14-8-12-19(13-9-15-22(24)27-4-2)16-17-25-18-20-10-6-5-7-11-20/h5-7,10-11,19H,3-4,8-9,12-18H2,1-2H3. The van der Waals surface area contributed by atoms with Crippen molar-refractivity contribution >= 4 is 11.9 Å². The number of hydrogen-bond acceptors (Lipinski definition) is 5. The summed E-state index contributed by atoms with van der Waals surface area (Å²) in [6.45, 7) is 5.78. The summed E-state index contributed by atoms with van der Waals surface area (Å²) in [4.78, 5) is 23.0. The van der Waals surface area contributed by atoms with Crippen LogP contribution in [0.5, 0.6) is 0 Å². The van der Waals surface area contributed by atoms with E-state index in [1.165, 1.54) is 5.56 Å². The Morgan fingerprint density at radius 2 is 1.41 bits per heavy atom. The predicted octanol–water partition coefficient (Wildman–Crippen LogP) is 4.68. The van der Waals surface area contributed by atoms with Gasteiger partial charge in [-0.3, -0.25) is 9.59 Å². The Hall–Kier alpha value is -1.88. The topological polar surface area (TPSA) is 61.8 Å². The van der Waals surface area contributed by atoms with Gasteiger partial charge in [0, 0.05) is 19.4 Å². The number of carbonyl (C=O) groups excluding carboxylic acids is 2. The van der Waals surface area contributed by atoms with Crippen molar-refractivity contribution in [2.45, 2.75) is 65.4 Å². The molecule has 0 aromatic heterocycles. The second-order valence-corrected chi connectivity index (χ2v) is 6.59. The highest BCUT2D eigenvalue weighted by Gasteiger charge is 2.12. The number of ether oxygens (including phenoxy) is 3. The number of benzene rings is 1. The van der Waals surface area contributed by atoms with E-state index in [0.717, 1.165) is 32.1 Å². The first-order valence-corrected chi connectivity index (χ1v) is 10.1. The van der Waals surface area contributed by atoms with Gasteiger partial charge in [-0.1, -0.05) is 30.3 Å². The molecule has 0 aliphatic rings. The van der Waals surface area contributed by atoms with E-state index in [9.17, 15) is 9.59 Å². The fraction of sp³-hybridized carbons (Fsp3) is 0.636. The van der Waals surface area contributed by atoms with Gasteiger partial charge >= 0.3 is 11.9 Å². The SMILES string of the molecule is CCOC(=O)CCCC(CCCC(=O)OCC)CCOCc1ccccc1. The summed E-state index contributed by atoms with van der Waals surface area (Å²) in [5.74, 6) is 0.163. The second-order valence-electron chi connectivity index (χ2n) is 6.59. The fourth-order valence-corrected chi connectivity index (χ4v) is 2.98. The summed E-state index contributed by atoms with van der Waals surface area (Å²) in [6.07, 6.45) is 5.33. The van der Waals surface area contributed by atoms with Crippen LogP contribution in [0, 0.1) is 5.92 Å². The third-order valence-corrected chi connectivity index (χ3v) is 4.38. The summed E-state index contributed by atoms with van der Waals surface area (Å²) >= 11 is 0. The molecule has 1 rings (SSSR count). The van der Waals surface area contributed by atoms with Gasteiger partial charge in [0.15, 0.2) is 0 Å². The summed E-state index contributed by atoms with van der Waals surface area (Å²) in [6, 6.07) is 10.1.